The molecule has 1 unspecified atom stereocenters. The molecular formula is C15H20N2. The Labute approximate surface area is 103 Å². The molecule has 1 aromatic carbocycles. The zero-order valence-electron chi connectivity index (χ0n) is 10.4. The standard InChI is InChI=1S/C15H20N2/c1-15(9-5-2-6-10-15)13(11-16)12-7-3-4-8-14(12)17/h3-4,7-8,13H,2,5-6,9-10,17H2,1H3. The van der Waals surface area contributed by atoms with Gasteiger partial charge in [-0.3, -0.25) is 0 Å². The van der Waals surface area contributed by atoms with E-state index < -0.39 is 0 Å². The summed E-state index contributed by atoms with van der Waals surface area (Å²) < 4.78 is 0. The highest BCUT2D eigenvalue weighted by atomic mass is 14.6. The summed E-state index contributed by atoms with van der Waals surface area (Å²) in [4.78, 5) is 0. The zero-order chi connectivity index (χ0) is 12.3. The Morgan fingerprint density at radius 1 is 1.24 bits per heavy atom. The third-order valence-corrected chi connectivity index (χ3v) is 4.13. The molecule has 0 amide bonds. The predicted octanol–water partition coefficient (Wildman–Crippen LogP) is 3.85. The lowest BCUT2D eigenvalue weighted by atomic mass is 9.65. The van der Waals surface area contributed by atoms with E-state index in [1.54, 1.807) is 0 Å². The Hall–Kier alpha value is -1.49. The second kappa shape index (κ2) is 4.79. The number of nitrogens with zero attached hydrogens (tertiary/aromatic N) is 1. The zero-order valence-corrected chi connectivity index (χ0v) is 10.4. The molecule has 2 heteroatoms. The minimum absolute atomic E-state index is 0.0657. The molecule has 2 N–H and O–H groups in total. The number of hydrogen-bond acceptors (Lipinski definition) is 2. The average Bonchev–Trinajstić information content (AvgIpc) is 2.33. The van der Waals surface area contributed by atoms with Gasteiger partial charge < -0.3 is 5.73 Å². The molecule has 0 radical (unpaired) electrons. The van der Waals surface area contributed by atoms with Gasteiger partial charge in [0.15, 0.2) is 0 Å². The predicted molar refractivity (Wildman–Crippen MR) is 70.4 cm³/mol. The smallest absolute Gasteiger partial charge is 0.0786 e. The Morgan fingerprint density at radius 3 is 2.47 bits per heavy atom. The van der Waals surface area contributed by atoms with E-state index in [0.717, 1.165) is 24.1 Å². The fraction of sp³-hybridized carbons (Fsp3) is 0.533. The van der Waals surface area contributed by atoms with Crippen LogP contribution in [0.25, 0.3) is 0 Å². The van der Waals surface area contributed by atoms with E-state index in [0.29, 0.717) is 0 Å². The highest BCUT2D eigenvalue weighted by Crippen LogP contribution is 2.47. The highest BCUT2D eigenvalue weighted by molar-refractivity contribution is 5.51. The van der Waals surface area contributed by atoms with Gasteiger partial charge in [-0.25, -0.2) is 0 Å². The van der Waals surface area contributed by atoms with Gasteiger partial charge in [0, 0.05) is 5.69 Å². The molecule has 1 aliphatic rings. The van der Waals surface area contributed by atoms with E-state index >= 15 is 0 Å². The van der Waals surface area contributed by atoms with E-state index in [1.807, 2.05) is 24.3 Å². The Kier molecular flexibility index (Phi) is 3.38. The maximum Gasteiger partial charge on any atom is 0.0786 e. The lowest BCUT2D eigenvalue weighted by Crippen LogP contribution is -2.28. The van der Waals surface area contributed by atoms with Crippen LogP contribution in [0.2, 0.25) is 0 Å². The second-order valence-corrected chi connectivity index (χ2v) is 5.41. The van der Waals surface area contributed by atoms with Crippen LogP contribution in [0, 0.1) is 16.7 Å². The molecular weight excluding hydrogens is 208 g/mol. The van der Waals surface area contributed by atoms with Gasteiger partial charge in [0.1, 0.15) is 0 Å². The number of benzene rings is 1. The summed E-state index contributed by atoms with van der Waals surface area (Å²) >= 11 is 0. The first kappa shape index (κ1) is 12.0. The van der Waals surface area contributed by atoms with Crippen LogP contribution < -0.4 is 5.73 Å². The lowest BCUT2D eigenvalue weighted by Gasteiger charge is -2.38. The van der Waals surface area contributed by atoms with Crippen molar-refractivity contribution in [3.05, 3.63) is 29.8 Å². The summed E-state index contributed by atoms with van der Waals surface area (Å²) in [5.74, 6) is -0.0657. The number of anilines is 1. The van der Waals surface area contributed by atoms with Gasteiger partial charge in [-0.1, -0.05) is 44.4 Å². The maximum atomic E-state index is 9.52. The van der Waals surface area contributed by atoms with Gasteiger partial charge in [-0.2, -0.15) is 5.26 Å². The molecule has 0 aromatic heterocycles. The van der Waals surface area contributed by atoms with E-state index in [-0.39, 0.29) is 11.3 Å². The highest BCUT2D eigenvalue weighted by Gasteiger charge is 2.37. The summed E-state index contributed by atoms with van der Waals surface area (Å²) in [6, 6.07) is 10.3. The molecule has 0 bridgehead atoms. The number of para-hydroxylation sites is 1. The molecule has 1 aromatic rings. The summed E-state index contributed by atoms with van der Waals surface area (Å²) in [5.41, 5.74) is 7.88. The van der Waals surface area contributed by atoms with Gasteiger partial charge >= 0.3 is 0 Å². The SMILES string of the molecule is CC1(C(C#N)c2ccccc2N)CCCCC1. The number of nitrogen functional groups attached to an aromatic ring is 1. The van der Waals surface area contributed by atoms with Crippen LogP contribution in [-0.4, -0.2) is 0 Å². The molecule has 17 heavy (non-hydrogen) atoms. The van der Waals surface area contributed by atoms with E-state index in [9.17, 15) is 5.26 Å². The van der Waals surface area contributed by atoms with Crippen molar-refractivity contribution in [2.45, 2.75) is 44.9 Å². The Morgan fingerprint density at radius 2 is 1.88 bits per heavy atom. The number of nitrogens with two attached hydrogens (primary N) is 1. The van der Waals surface area contributed by atoms with Crippen LogP contribution in [0.3, 0.4) is 0 Å². The molecule has 2 nitrogen and oxygen atoms in total. The van der Waals surface area contributed by atoms with Crippen molar-refractivity contribution in [3.63, 3.8) is 0 Å². The quantitative estimate of drug-likeness (QED) is 0.782. The van der Waals surface area contributed by atoms with E-state index in [4.69, 9.17) is 5.73 Å². The van der Waals surface area contributed by atoms with Crippen molar-refractivity contribution in [2.24, 2.45) is 5.41 Å². The second-order valence-electron chi connectivity index (χ2n) is 5.41. The molecule has 90 valence electrons. The van der Waals surface area contributed by atoms with E-state index in [2.05, 4.69) is 13.0 Å². The Balaban J connectivity index is 2.34. The van der Waals surface area contributed by atoms with Crippen LogP contribution in [-0.2, 0) is 0 Å². The summed E-state index contributed by atoms with van der Waals surface area (Å²) in [6.07, 6.45) is 6.06. The molecule has 1 saturated carbocycles. The molecule has 2 rings (SSSR count). The van der Waals surface area contributed by atoms with Crippen LogP contribution in [0.15, 0.2) is 24.3 Å². The third kappa shape index (κ3) is 2.29. The van der Waals surface area contributed by atoms with Crippen molar-refractivity contribution >= 4 is 5.69 Å². The van der Waals surface area contributed by atoms with Gasteiger partial charge in [-0.15, -0.1) is 0 Å². The van der Waals surface area contributed by atoms with Gasteiger partial charge in [-0.05, 0) is 29.9 Å². The first-order chi connectivity index (χ1) is 8.17. The molecule has 1 fully saturated rings. The van der Waals surface area contributed by atoms with Crippen LogP contribution in [0.1, 0.15) is 50.5 Å². The van der Waals surface area contributed by atoms with Gasteiger partial charge in [0.2, 0.25) is 0 Å². The third-order valence-electron chi connectivity index (χ3n) is 4.13. The molecule has 0 saturated heterocycles. The fourth-order valence-corrected chi connectivity index (χ4v) is 3.02. The first-order valence-corrected chi connectivity index (χ1v) is 6.41. The van der Waals surface area contributed by atoms with Gasteiger partial charge in [0.05, 0.1) is 12.0 Å². The van der Waals surface area contributed by atoms with Crippen molar-refractivity contribution in [1.29, 1.82) is 5.26 Å². The molecule has 1 atom stereocenters. The largest absolute Gasteiger partial charge is 0.398 e. The van der Waals surface area contributed by atoms with Crippen LogP contribution in [0.4, 0.5) is 5.69 Å². The topological polar surface area (TPSA) is 49.8 Å². The molecule has 0 spiro atoms. The molecule has 1 aliphatic carbocycles. The number of rotatable bonds is 2. The maximum absolute atomic E-state index is 9.52. The Bertz CT molecular complexity index is 425. The monoisotopic (exact) mass is 228 g/mol. The fourth-order valence-electron chi connectivity index (χ4n) is 3.02. The van der Waals surface area contributed by atoms with Gasteiger partial charge in [0.25, 0.3) is 0 Å². The van der Waals surface area contributed by atoms with E-state index in [1.165, 1.54) is 19.3 Å². The molecule has 0 aliphatic heterocycles. The first-order valence-electron chi connectivity index (χ1n) is 6.41. The average molecular weight is 228 g/mol. The summed E-state index contributed by atoms with van der Waals surface area (Å²) in [7, 11) is 0. The normalized spacial score (nSPS) is 20.5. The summed E-state index contributed by atoms with van der Waals surface area (Å²) in [5, 5.41) is 9.52. The molecule has 0 heterocycles. The number of nitriles is 1. The minimum Gasteiger partial charge on any atom is -0.398 e. The van der Waals surface area contributed by atoms with Crippen molar-refractivity contribution < 1.29 is 0 Å². The number of hydrogen-bond donors (Lipinski definition) is 1. The van der Waals surface area contributed by atoms with Crippen molar-refractivity contribution in [1.82, 2.24) is 0 Å². The van der Waals surface area contributed by atoms with Crippen molar-refractivity contribution in [2.75, 3.05) is 5.73 Å². The minimum atomic E-state index is -0.0657. The van der Waals surface area contributed by atoms with Crippen LogP contribution in [0.5, 0.6) is 0 Å². The summed E-state index contributed by atoms with van der Waals surface area (Å²) in [6.45, 7) is 2.24. The van der Waals surface area contributed by atoms with Crippen LogP contribution >= 0.6 is 0 Å². The van der Waals surface area contributed by atoms with Crippen molar-refractivity contribution in [3.8, 4) is 6.07 Å². The lowest BCUT2D eigenvalue weighted by molar-refractivity contribution is 0.195.